The maximum atomic E-state index is 13.3. The van der Waals surface area contributed by atoms with Gasteiger partial charge in [-0.3, -0.25) is 10.2 Å². The Morgan fingerprint density at radius 3 is 1.47 bits per heavy atom. The van der Waals surface area contributed by atoms with Gasteiger partial charge in [0, 0.05) is 6.54 Å². The summed E-state index contributed by atoms with van der Waals surface area (Å²) in [7, 11) is 0. The second-order valence-corrected chi connectivity index (χ2v) is 9.85. The second kappa shape index (κ2) is 17.3. The van der Waals surface area contributed by atoms with Gasteiger partial charge < -0.3 is 19.9 Å². The van der Waals surface area contributed by atoms with Crippen LogP contribution in [-0.2, 0) is 38.8 Å². The number of imide groups is 1. The quantitative estimate of drug-likeness (QED) is 0.105. The minimum atomic E-state index is -1.29. The first-order chi connectivity index (χ1) is 20.8. The number of amides is 3. The van der Waals surface area contributed by atoms with E-state index in [4.69, 9.17) is 25.4 Å². The third-order valence-electron chi connectivity index (χ3n) is 6.19. The molecule has 0 spiro atoms. The monoisotopic (exact) mass is 652 g/mol. The molecule has 0 saturated carbocycles. The lowest BCUT2D eigenvalue weighted by atomic mass is 10.1. The van der Waals surface area contributed by atoms with Crippen molar-refractivity contribution >= 4 is 46.0 Å². The molecule has 0 aromatic heterocycles. The summed E-state index contributed by atoms with van der Waals surface area (Å²) in [6.07, 6.45) is -2.96. The van der Waals surface area contributed by atoms with E-state index >= 15 is 0 Å². The average molecular weight is 654 g/mol. The molecule has 1 atom stereocenters. The number of carbonyl (C=O) groups excluding carboxylic acids is 4. The molecule has 3 N–H and O–H groups in total. The van der Waals surface area contributed by atoms with Gasteiger partial charge in [0.1, 0.15) is 25.9 Å². The lowest BCUT2D eigenvalue weighted by Gasteiger charge is -2.28. The zero-order chi connectivity index (χ0) is 31.0. The molecule has 0 bridgehead atoms. The standard InChI is InChI=1S/C31H33BrN4O7/c32-19-27(37)26(17-10-18-35(28(33)34)29(38)41-20-23-11-4-1-5-12-23)36(30(39)42-21-24-13-6-2-7-14-24)31(40)43-22-25-15-8-3-9-16-25/h1-9,11-16,26H,10,17-22H2,(H3,33,34)/t26-/m0/s1. The lowest BCUT2D eigenvalue weighted by Crippen LogP contribution is -2.50. The van der Waals surface area contributed by atoms with Crippen molar-refractivity contribution < 1.29 is 33.4 Å². The van der Waals surface area contributed by atoms with E-state index < -0.39 is 36.1 Å². The fourth-order valence-electron chi connectivity index (χ4n) is 3.98. The number of hydrogen-bond acceptors (Lipinski definition) is 8. The lowest BCUT2D eigenvalue weighted by molar-refractivity contribution is -0.121. The second-order valence-electron chi connectivity index (χ2n) is 9.29. The van der Waals surface area contributed by atoms with Crippen molar-refractivity contribution in [3.63, 3.8) is 0 Å². The number of ether oxygens (including phenoxy) is 3. The molecule has 0 unspecified atom stereocenters. The first-order valence-corrected chi connectivity index (χ1v) is 14.5. The summed E-state index contributed by atoms with van der Waals surface area (Å²) in [5.41, 5.74) is 7.75. The van der Waals surface area contributed by atoms with Gasteiger partial charge in [-0.2, -0.15) is 0 Å². The van der Waals surface area contributed by atoms with Crippen LogP contribution in [0.1, 0.15) is 29.5 Å². The van der Waals surface area contributed by atoms with E-state index in [0.717, 1.165) is 10.5 Å². The topological polar surface area (TPSA) is 152 Å². The Morgan fingerprint density at radius 1 is 0.698 bits per heavy atom. The Labute approximate surface area is 258 Å². The molecule has 226 valence electrons. The van der Waals surface area contributed by atoms with Crippen LogP contribution in [0.5, 0.6) is 0 Å². The van der Waals surface area contributed by atoms with E-state index in [9.17, 15) is 19.2 Å². The number of hydrogen-bond donors (Lipinski definition) is 2. The number of carbonyl (C=O) groups is 4. The summed E-state index contributed by atoms with van der Waals surface area (Å²) in [6, 6.07) is 25.4. The molecule has 11 nitrogen and oxygen atoms in total. The van der Waals surface area contributed by atoms with Crippen molar-refractivity contribution in [2.75, 3.05) is 11.9 Å². The molecule has 0 aliphatic heterocycles. The van der Waals surface area contributed by atoms with Gasteiger partial charge in [0.15, 0.2) is 11.7 Å². The van der Waals surface area contributed by atoms with Crippen LogP contribution in [-0.4, -0.2) is 57.7 Å². The molecule has 0 fully saturated rings. The number of halogens is 1. The van der Waals surface area contributed by atoms with Crippen LogP contribution in [0.4, 0.5) is 14.4 Å². The first kappa shape index (κ1) is 32.8. The van der Waals surface area contributed by atoms with E-state index in [1.54, 1.807) is 72.8 Å². The smallest absolute Gasteiger partial charge is 0.420 e. The highest BCUT2D eigenvalue weighted by molar-refractivity contribution is 9.09. The number of nitrogens with one attached hydrogen (secondary N) is 1. The van der Waals surface area contributed by atoms with Crippen LogP contribution >= 0.6 is 15.9 Å². The Kier molecular flexibility index (Phi) is 13.2. The Balaban J connectivity index is 1.72. The summed E-state index contributed by atoms with van der Waals surface area (Å²) < 4.78 is 16.1. The van der Waals surface area contributed by atoms with Crippen molar-refractivity contribution in [3.05, 3.63) is 108 Å². The highest BCUT2D eigenvalue weighted by Crippen LogP contribution is 2.17. The van der Waals surface area contributed by atoms with Gasteiger partial charge >= 0.3 is 18.3 Å². The Hall–Kier alpha value is -4.71. The average Bonchev–Trinajstić information content (AvgIpc) is 3.03. The molecule has 0 radical (unpaired) electrons. The van der Waals surface area contributed by atoms with Gasteiger partial charge in [-0.15, -0.1) is 0 Å². The molecular weight excluding hydrogens is 620 g/mol. The summed E-state index contributed by atoms with van der Waals surface area (Å²) in [5, 5.41) is 7.67. The molecule has 43 heavy (non-hydrogen) atoms. The molecule has 3 amide bonds. The molecule has 0 saturated heterocycles. The van der Waals surface area contributed by atoms with E-state index in [1.165, 1.54) is 0 Å². The molecule has 0 aliphatic rings. The van der Waals surface area contributed by atoms with Crippen LogP contribution in [0, 0.1) is 5.41 Å². The minimum Gasteiger partial charge on any atom is -0.444 e. The SMILES string of the molecule is N=C(N)N(CCC[C@@H](C(=O)CBr)N(C(=O)OCc1ccccc1)C(=O)OCc1ccccc1)C(=O)OCc1ccccc1. The largest absolute Gasteiger partial charge is 0.444 e. The van der Waals surface area contributed by atoms with Crippen molar-refractivity contribution in [2.45, 2.75) is 38.7 Å². The van der Waals surface area contributed by atoms with Crippen LogP contribution in [0.25, 0.3) is 0 Å². The summed E-state index contributed by atoms with van der Waals surface area (Å²) >= 11 is 3.12. The van der Waals surface area contributed by atoms with Crippen LogP contribution in [0.15, 0.2) is 91.0 Å². The molecule has 0 heterocycles. The molecule has 3 rings (SSSR count). The summed E-state index contributed by atoms with van der Waals surface area (Å²) in [4.78, 5) is 53.8. The van der Waals surface area contributed by atoms with E-state index in [2.05, 4.69) is 15.9 Å². The number of benzene rings is 3. The Morgan fingerprint density at radius 2 is 1.09 bits per heavy atom. The number of rotatable bonds is 13. The predicted molar refractivity (Wildman–Crippen MR) is 162 cm³/mol. The fraction of sp³-hybridized carbons (Fsp3) is 0.258. The van der Waals surface area contributed by atoms with Crippen molar-refractivity contribution in [1.82, 2.24) is 9.80 Å². The molecule has 3 aromatic carbocycles. The van der Waals surface area contributed by atoms with Gasteiger partial charge in [0.2, 0.25) is 0 Å². The highest BCUT2D eigenvalue weighted by Gasteiger charge is 2.37. The van der Waals surface area contributed by atoms with Crippen LogP contribution in [0.3, 0.4) is 0 Å². The molecule has 12 heteroatoms. The van der Waals surface area contributed by atoms with Crippen molar-refractivity contribution in [1.29, 1.82) is 5.41 Å². The maximum Gasteiger partial charge on any atom is 0.420 e. The third-order valence-corrected chi connectivity index (χ3v) is 6.75. The van der Waals surface area contributed by atoms with Gasteiger partial charge in [-0.1, -0.05) is 107 Å². The number of Topliss-reactive ketones (excluding diaryl/α,β-unsaturated/α-hetero) is 1. The summed E-state index contributed by atoms with van der Waals surface area (Å²) in [6.45, 7) is -0.408. The van der Waals surface area contributed by atoms with Gasteiger partial charge in [-0.25, -0.2) is 24.2 Å². The van der Waals surface area contributed by atoms with Crippen LogP contribution in [0.2, 0.25) is 0 Å². The van der Waals surface area contributed by atoms with Gasteiger partial charge in [0.05, 0.1) is 5.33 Å². The van der Waals surface area contributed by atoms with Crippen molar-refractivity contribution in [2.24, 2.45) is 5.73 Å². The first-order valence-electron chi connectivity index (χ1n) is 13.4. The zero-order valence-electron chi connectivity index (χ0n) is 23.4. The van der Waals surface area contributed by atoms with Crippen LogP contribution < -0.4 is 5.73 Å². The van der Waals surface area contributed by atoms with Gasteiger partial charge in [0.25, 0.3) is 0 Å². The van der Waals surface area contributed by atoms with E-state index in [1.807, 2.05) is 18.2 Å². The highest BCUT2D eigenvalue weighted by atomic mass is 79.9. The number of nitrogens with two attached hydrogens (primary N) is 1. The number of guanidine groups is 1. The fourth-order valence-corrected chi connectivity index (χ4v) is 4.35. The number of alkyl halides is 1. The Bertz CT molecular complexity index is 1300. The normalized spacial score (nSPS) is 11.1. The summed E-state index contributed by atoms with van der Waals surface area (Å²) in [5.74, 6) is -1.04. The van der Waals surface area contributed by atoms with Crippen molar-refractivity contribution in [3.8, 4) is 0 Å². The number of ketones is 1. The molecule has 0 aliphatic carbocycles. The van der Waals surface area contributed by atoms with E-state index in [-0.39, 0.29) is 44.5 Å². The number of nitrogens with zero attached hydrogens (tertiary/aromatic N) is 2. The van der Waals surface area contributed by atoms with E-state index in [0.29, 0.717) is 16.0 Å². The zero-order valence-corrected chi connectivity index (χ0v) is 25.0. The minimum absolute atomic E-state index is 0.0254. The van der Waals surface area contributed by atoms with Gasteiger partial charge in [-0.05, 0) is 29.5 Å². The third kappa shape index (κ3) is 10.6. The maximum absolute atomic E-state index is 13.3. The predicted octanol–water partition coefficient (Wildman–Crippen LogP) is 5.61. The molecule has 3 aromatic rings. The molecular formula is C31H33BrN4O7.